The molecule has 1 unspecified atom stereocenters. The van der Waals surface area contributed by atoms with Crippen molar-refractivity contribution < 1.29 is 48.5 Å². The van der Waals surface area contributed by atoms with Crippen LogP contribution in [-0.4, -0.2) is 69.8 Å². The SMILES string of the molecule is [2H]NCCOP(=O)(O)OC[C@@H](COC(=O)CCCCCCCCCCCCCCC)OC(=O)CCCC(OC)OC. The molecule has 0 radical (unpaired) electrons. The normalized spacial score (nSPS) is 14.1. The summed E-state index contributed by atoms with van der Waals surface area (Å²) in [5, 5.41) is 0. The molecule has 0 aromatic heterocycles. The highest BCUT2D eigenvalue weighted by Gasteiger charge is 2.26. The summed E-state index contributed by atoms with van der Waals surface area (Å²) in [6.45, 7) is 1.22. The maximum absolute atomic E-state index is 12.3. The van der Waals surface area contributed by atoms with E-state index < -0.39 is 38.8 Å². The van der Waals surface area contributed by atoms with E-state index in [0.29, 0.717) is 19.3 Å². The fourth-order valence-corrected chi connectivity index (χ4v) is 4.78. The fraction of sp³-hybridized carbons (Fsp3) is 0.929. The molecule has 0 aliphatic carbocycles. The zero-order chi connectivity index (χ0) is 30.6. The molecule has 0 spiro atoms. The van der Waals surface area contributed by atoms with E-state index in [1.165, 1.54) is 72.0 Å². The van der Waals surface area contributed by atoms with E-state index in [0.717, 1.165) is 19.3 Å². The molecule has 0 aromatic rings. The van der Waals surface area contributed by atoms with Crippen molar-refractivity contribution in [3.8, 4) is 0 Å². The molecule has 12 heteroatoms. The van der Waals surface area contributed by atoms with Gasteiger partial charge in [0.05, 0.1) is 13.2 Å². The number of carbonyl (C=O) groups is 2. The van der Waals surface area contributed by atoms with E-state index in [1.54, 1.807) is 0 Å². The third-order valence-electron chi connectivity index (χ3n) is 6.34. The summed E-state index contributed by atoms with van der Waals surface area (Å²) in [7, 11) is -1.44. The van der Waals surface area contributed by atoms with Crippen LogP contribution in [0.15, 0.2) is 0 Å². The Labute approximate surface area is 243 Å². The Morgan fingerprint density at radius 3 is 1.90 bits per heavy atom. The fourth-order valence-electron chi connectivity index (χ4n) is 4.03. The van der Waals surface area contributed by atoms with Gasteiger partial charge in [-0.1, -0.05) is 84.0 Å². The summed E-state index contributed by atoms with van der Waals surface area (Å²) in [5.41, 5.74) is 2.04. The second kappa shape index (κ2) is 26.8. The van der Waals surface area contributed by atoms with Crippen molar-refractivity contribution >= 4 is 19.8 Å². The predicted molar refractivity (Wildman–Crippen MR) is 154 cm³/mol. The van der Waals surface area contributed by atoms with Crippen molar-refractivity contribution in [2.24, 2.45) is 5.73 Å². The molecule has 0 aliphatic rings. The number of phosphoric ester groups is 1. The predicted octanol–water partition coefficient (Wildman–Crippen LogP) is 5.80. The molecule has 3 N–H and O–H groups in total. The van der Waals surface area contributed by atoms with Gasteiger partial charge in [0, 0.05) is 33.6 Å². The molecule has 0 aliphatic heterocycles. The third kappa shape index (κ3) is 24.7. The zero-order valence-corrected chi connectivity index (χ0v) is 26.0. The summed E-state index contributed by atoms with van der Waals surface area (Å²) in [5.74, 6) is -1.01. The van der Waals surface area contributed by atoms with E-state index in [2.05, 4.69) is 6.92 Å². The van der Waals surface area contributed by atoms with Gasteiger partial charge >= 0.3 is 19.8 Å². The van der Waals surface area contributed by atoms with Crippen LogP contribution in [0.2, 0.25) is 1.41 Å². The highest BCUT2D eigenvalue weighted by molar-refractivity contribution is 7.47. The Bertz CT molecular complexity index is 684. The molecule has 0 saturated heterocycles. The first-order chi connectivity index (χ1) is 19.8. The lowest BCUT2D eigenvalue weighted by molar-refractivity contribution is -0.161. The van der Waals surface area contributed by atoms with Crippen molar-refractivity contribution in [3.63, 3.8) is 0 Å². The lowest BCUT2D eigenvalue weighted by atomic mass is 10.0. The summed E-state index contributed by atoms with van der Waals surface area (Å²) < 4.78 is 49.3. The van der Waals surface area contributed by atoms with Crippen LogP contribution in [-0.2, 0) is 42.1 Å². The van der Waals surface area contributed by atoms with E-state index in [9.17, 15) is 19.0 Å². The van der Waals surface area contributed by atoms with Crippen LogP contribution < -0.4 is 5.73 Å². The largest absolute Gasteiger partial charge is 0.472 e. The van der Waals surface area contributed by atoms with E-state index in [-0.39, 0.29) is 32.6 Å². The van der Waals surface area contributed by atoms with Crippen LogP contribution in [0.3, 0.4) is 0 Å². The number of nitrogens with two attached hydrogens (primary N) is 1. The van der Waals surface area contributed by atoms with Crippen LogP contribution in [0.5, 0.6) is 0 Å². The Hall–Kier alpha value is -1.07. The van der Waals surface area contributed by atoms with Crippen LogP contribution in [0.1, 0.15) is 116 Å². The molecule has 0 aromatic carbocycles. The zero-order valence-electron chi connectivity index (χ0n) is 26.1. The second-order valence-electron chi connectivity index (χ2n) is 9.93. The maximum atomic E-state index is 12.3. The molecular formula is C28H56NO10P. The van der Waals surface area contributed by atoms with Crippen LogP contribution in [0, 0.1) is 0 Å². The average Bonchev–Trinajstić information content (AvgIpc) is 2.95. The minimum atomic E-state index is -4.44. The number of ether oxygens (including phenoxy) is 4. The number of methoxy groups -OCH3 is 2. The number of carbonyl (C=O) groups excluding carboxylic acids is 2. The lowest BCUT2D eigenvalue weighted by Gasteiger charge is -2.20. The molecule has 2 atom stereocenters. The van der Waals surface area contributed by atoms with Gasteiger partial charge in [-0.15, -0.1) is 0 Å². The smallest absolute Gasteiger partial charge is 0.462 e. The standard InChI is InChI=1S/C28H56NO10P/c1-4-5-6-7-8-9-10-11-12-13-14-15-16-18-26(30)36-23-25(24-38-40(32,33)37-22-21-29)39-27(31)19-17-20-28(34-2)35-3/h25,28H,4-24,29H2,1-3H3,(H,32,33)/t25-/m1/s1/i/hD. The van der Waals surface area contributed by atoms with Gasteiger partial charge in [-0.05, 0) is 19.3 Å². The number of hydrogen-bond acceptors (Lipinski definition) is 10. The highest BCUT2D eigenvalue weighted by Crippen LogP contribution is 2.43. The Morgan fingerprint density at radius 1 is 0.800 bits per heavy atom. The number of esters is 2. The number of unbranched alkanes of at least 4 members (excludes halogenated alkanes) is 12. The third-order valence-corrected chi connectivity index (χ3v) is 7.32. The second-order valence-corrected chi connectivity index (χ2v) is 11.4. The van der Waals surface area contributed by atoms with Gasteiger partial charge in [0.25, 0.3) is 0 Å². The Balaban J connectivity index is 4.32. The molecule has 0 amide bonds. The molecule has 0 saturated carbocycles. The topological polar surface area (TPSA) is 153 Å². The lowest BCUT2D eigenvalue weighted by Crippen LogP contribution is -2.29. The number of hydrogen-bond donors (Lipinski definition) is 2. The van der Waals surface area contributed by atoms with Crippen molar-refractivity contribution in [3.05, 3.63) is 0 Å². The molecule has 0 bridgehead atoms. The average molecular weight is 599 g/mol. The summed E-state index contributed by atoms with van der Waals surface area (Å²) in [6.07, 6.45) is 15.4. The first-order valence-corrected chi connectivity index (χ1v) is 16.4. The number of rotatable bonds is 30. The monoisotopic (exact) mass is 598 g/mol. The van der Waals surface area contributed by atoms with Gasteiger partial charge in [0.1, 0.15) is 8.02 Å². The minimum Gasteiger partial charge on any atom is -0.462 e. The van der Waals surface area contributed by atoms with Gasteiger partial charge in [0.2, 0.25) is 0 Å². The molecule has 0 rings (SSSR count). The Kier molecular flexibility index (Phi) is 24.8. The minimum absolute atomic E-state index is 0.0209. The molecule has 238 valence electrons. The molecule has 11 nitrogen and oxygen atoms in total. The van der Waals surface area contributed by atoms with E-state index in [4.69, 9.17) is 29.4 Å². The van der Waals surface area contributed by atoms with Gasteiger partial charge < -0.3 is 29.6 Å². The molecule has 40 heavy (non-hydrogen) atoms. The van der Waals surface area contributed by atoms with Crippen molar-refractivity contribution in [1.82, 2.24) is 0 Å². The molecule has 0 fully saturated rings. The number of phosphoric acid groups is 1. The summed E-state index contributed by atoms with van der Waals surface area (Å²) in [4.78, 5) is 34.3. The quantitative estimate of drug-likeness (QED) is 0.0446. The summed E-state index contributed by atoms with van der Waals surface area (Å²) in [6, 6.07) is 0. The summed E-state index contributed by atoms with van der Waals surface area (Å²) >= 11 is 0. The van der Waals surface area contributed by atoms with Crippen LogP contribution in [0.25, 0.3) is 0 Å². The first kappa shape index (κ1) is 37.0. The molecular weight excluding hydrogens is 541 g/mol. The van der Waals surface area contributed by atoms with E-state index in [1.807, 2.05) is 5.73 Å². The molecule has 0 heterocycles. The van der Waals surface area contributed by atoms with Gasteiger partial charge in [-0.2, -0.15) is 0 Å². The highest BCUT2D eigenvalue weighted by atomic mass is 31.2. The Morgan fingerprint density at radius 2 is 1.35 bits per heavy atom. The maximum Gasteiger partial charge on any atom is 0.472 e. The van der Waals surface area contributed by atoms with Gasteiger partial charge in [-0.3, -0.25) is 18.6 Å². The van der Waals surface area contributed by atoms with Crippen molar-refractivity contribution in [2.75, 3.05) is 40.6 Å². The van der Waals surface area contributed by atoms with Gasteiger partial charge in [-0.25, -0.2) is 4.57 Å². The first-order valence-electron chi connectivity index (χ1n) is 15.4. The van der Waals surface area contributed by atoms with Crippen molar-refractivity contribution in [1.29, 1.82) is 0 Å². The van der Waals surface area contributed by atoms with Crippen LogP contribution >= 0.6 is 7.82 Å². The van der Waals surface area contributed by atoms with E-state index >= 15 is 0 Å². The van der Waals surface area contributed by atoms with Gasteiger partial charge in [0.15, 0.2) is 12.4 Å². The van der Waals surface area contributed by atoms with Crippen molar-refractivity contribution in [2.45, 2.75) is 128 Å². The van der Waals surface area contributed by atoms with Crippen LogP contribution in [0.4, 0.5) is 0 Å².